The van der Waals surface area contributed by atoms with Gasteiger partial charge in [0.25, 0.3) is 0 Å². The van der Waals surface area contributed by atoms with Gasteiger partial charge in [0, 0.05) is 13.2 Å². The van der Waals surface area contributed by atoms with Gasteiger partial charge in [-0.3, -0.25) is 0 Å². The Morgan fingerprint density at radius 1 is 0.339 bits per heavy atom. The van der Waals surface area contributed by atoms with Crippen molar-refractivity contribution in [1.29, 1.82) is 0 Å². The Kier molecular flexibility index (Phi) is 45.5. The van der Waals surface area contributed by atoms with Crippen LogP contribution in [0.5, 0.6) is 0 Å². The predicted molar refractivity (Wildman–Crippen MR) is 219 cm³/mol. The van der Waals surface area contributed by atoms with Crippen LogP contribution >= 0.6 is 0 Å². The molecule has 0 radical (unpaired) electrons. The number of amides is 1. The number of alkyl carbamates (subject to hydrolysis) is 1. The smallest absolute Gasteiger partial charge is 0.407 e. The van der Waals surface area contributed by atoms with Crippen molar-refractivity contribution < 1.29 is 61.6 Å². The Balaban J connectivity index is 3.09. The molecule has 0 saturated heterocycles. The van der Waals surface area contributed by atoms with E-state index in [0.717, 1.165) is 13.0 Å². The van der Waals surface area contributed by atoms with E-state index < -0.39 is 11.7 Å². The highest BCUT2D eigenvalue weighted by Gasteiger charge is 2.15. The van der Waals surface area contributed by atoms with E-state index in [0.29, 0.717) is 145 Å². The zero-order valence-corrected chi connectivity index (χ0v) is 36.3. The number of ether oxygens (including phenoxy) is 12. The molecule has 0 heterocycles. The summed E-state index contributed by atoms with van der Waals surface area (Å²) >= 11 is 0. The first kappa shape index (κ1) is 54.8. The fraction of sp³-hybridized carbons (Fsp3) is 0.976. The standard InChI is InChI=1S/C42H85NO13/c1-5-6-7-8-9-10-11-12-13-14-15-16-17-19-45-21-23-47-25-27-49-29-31-51-33-35-53-37-39-55-40-38-54-36-34-52-32-30-50-28-26-48-24-22-46-20-18-43-41(44)56-42(2,3)4/h5-40H2,1-4H3,(H,43,44). The minimum atomic E-state index is -0.511. The minimum absolute atomic E-state index is 0.385. The minimum Gasteiger partial charge on any atom is -0.444 e. The Morgan fingerprint density at radius 3 is 0.839 bits per heavy atom. The number of hydrogen-bond acceptors (Lipinski definition) is 13. The molecule has 0 aliphatic carbocycles. The molecule has 0 atom stereocenters. The SMILES string of the molecule is CCCCCCCCCCCCCCCOCCOCCOCCOCCOCCOCCOCCOCCOCCOCCOCCNC(=O)OC(C)(C)C. The molecule has 0 rings (SSSR count). The van der Waals surface area contributed by atoms with Crippen LogP contribution in [-0.2, 0) is 56.8 Å². The van der Waals surface area contributed by atoms with Gasteiger partial charge in [-0.05, 0) is 27.2 Å². The van der Waals surface area contributed by atoms with Crippen LogP contribution in [0.25, 0.3) is 0 Å². The van der Waals surface area contributed by atoms with Gasteiger partial charge in [0.2, 0.25) is 0 Å². The van der Waals surface area contributed by atoms with E-state index in [1.165, 1.54) is 77.0 Å². The van der Waals surface area contributed by atoms with Crippen LogP contribution in [0, 0.1) is 0 Å². The molecule has 336 valence electrons. The zero-order chi connectivity index (χ0) is 40.7. The van der Waals surface area contributed by atoms with Crippen molar-refractivity contribution in [2.45, 2.75) is 117 Å². The van der Waals surface area contributed by atoms with Gasteiger partial charge in [-0.2, -0.15) is 0 Å². The van der Waals surface area contributed by atoms with E-state index >= 15 is 0 Å². The molecule has 1 amide bonds. The van der Waals surface area contributed by atoms with Crippen molar-refractivity contribution in [2.75, 3.05) is 152 Å². The zero-order valence-electron chi connectivity index (χ0n) is 36.3. The summed E-state index contributed by atoms with van der Waals surface area (Å²) in [7, 11) is 0. The third-order valence-electron chi connectivity index (χ3n) is 8.03. The highest BCUT2D eigenvalue weighted by molar-refractivity contribution is 5.67. The topological polar surface area (TPSA) is 140 Å². The van der Waals surface area contributed by atoms with Crippen LogP contribution in [0.2, 0.25) is 0 Å². The summed E-state index contributed by atoms with van der Waals surface area (Å²) in [6, 6.07) is 0. The Labute approximate surface area is 341 Å². The van der Waals surface area contributed by atoms with Crippen molar-refractivity contribution in [2.24, 2.45) is 0 Å². The van der Waals surface area contributed by atoms with Crippen molar-refractivity contribution in [1.82, 2.24) is 5.32 Å². The molecule has 1 N–H and O–H groups in total. The molecule has 0 bridgehead atoms. The highest BCUT2D eigenvalue weighted by atomic mass is 16.6. The molecule has 0 aromatic heterocycles. The lowest BCUT2D eigenvalue weighted by Gasteiger charge is -2.19. The Hall–Kier alpha value is -1.17. The third kappa shape index (κ3) is 50.8. The van der Waals surface area contributed by atoms with E-state index in [1.54, 1.807) is 0 Å². The molecular formula is C42H85NO13. The number of carbonyl (C=O) groups excluding carboxylic acids is 1. The Bertz CT molecular complexity index is 761. The largest absolute Gasteiger partial charge is 0.444 e. The number of rotatable bonds is 47. The van der Waals surface area contributed by atoms with Gasteiger partial charge in [0.1, 0.15) is 5.60 Å². The molecule has 0 aliphatic heterocycles. The maximum Gasteiger partial charge on any atom is 0.407 e. The van der Waals surface area contributed by atoms with Crippen LogP contribution in [0.3, 0.4) is 0 Å². The van der Waals surface area contributed by atoms with Gasteiger partial charge in [0.15, 0.2) is 0 Å². The molecule has 14 heteroatoms. The van der Waals surface area contributed by atoms with Gasteiger partial charge in [-0.1, -0.05) is 84.0 Å². The van der Waals surface area contributed by atoms with Crippen molar-refractivity contribution in [3.63, 3.8) is 0 Å². The van der Waals surface area contributed by atoms with Crippen LogP contribution in [0.15, 0.2) is 0 Å². The summed E-state index contributed by atoms with van der Waals surface area (Å²) in [5.41, 5.74) is -0.511. The monoisotopic (exact) mass is 812 g/mol. The lowest BCUT2D eigenvalue weighted by atomic mass is 10.0. The molecule has 0 aromatic carbocycles. The van der Waals surface area contributed by atoms with Crippen molar-refractivity contribution in [3.8, 4) is 0 Å². The van der Waals surface area contributed by atoms with Crippen LogP contribution in [0.4, 0.5) is 4.79 Å². The molecule has 0 unspecified atom stereocenters. The summed E-state index contributed by atoms with van der Waals surface area (Å²) < 4.78 is 65.8. The van der Waals surface area contributed by atoms with E-state index in [1.807, 2.05) is 20.8 Å². The summed E-state index contributed by atoms with van der Waals surface area (Å²) in [5, 5.41) is 2.64. The lowest BCUT2D eigenvalue weighted by molar-refractivity contribution is -0.0275. The highest BCUT2D eigenvalue weighted by Crippen LogP contribution is 2.12. The number of hydrogen-bond donors (Lipinski definition) is 1. The second-order valence-electron chi connectivity index (χ2n) is 14.4. The van der Waals surface area contributed by atoms with E-state index in [-0.39, 0.29) is 0 Å². The summed E-state index contributed by atoms with van der Waals surface area (Å²) in [6.07, 6.45) is 17.3. The second-order valence-corrected chi connectivity index (χ2v) is 14.4. The van der Waals surface area contributed by atoms with Crippen molar-refractivity contribution >= 4 is 6.09 Å². The summed E-state index contributed by atoms with van der Waals surface area (Å²) in [6.45, 7) is 19.7. The van der Waals surface area contributed by atoms with Crippen LogP contribution < -0.4 is 5.32 Å². The Morgan fingerprint density at radius 2 is 0.571 bits per heavy atom. The van der Waals surface area contributed by atoms with Crippen molar-refractivity contribution in [3.05, 3.63) is 0 Å². The number of unbranched alkanes of at least 4 members (excludes halogenated alkanes) is 12. The molecule has 14 nitrogen and oxygen atoms in total. The van der Waals surface area contributed by atoms with Crippen LogP contribution in [-0.4, -0.2) is 164 Å². The molecule has 0 saturated carbocycles. The number of nitrogens with one attached hydrogen (secondary N) is 1. The first-order valence-corrected chi connectivity index (χ1v) is 21.8. The molecule has 56 heavy (non-hydrogen) atoms. The fourth-order valence-electron chi connectivity index (χ4n) is 5.06. The molecular weight excluding hydrogens is 726 g/mol. The van der Waals surface area contributed by atoms with E-state index in [9.17, 15) is 4.79 Å². The quantitative estimate of drug-likeness (QED) is 0.0647. The molecule has 0 aromatic rings. The third-order valence-corrected chi connectivity index (χ3v) is 8.03. The van der Waals surface area contributed by atoms with Gasteiger partial charge in [-0.25, -0.2) is 4.79 Å². The van der Waals surface area contributed by atoms with Crippen LogP contribution in [0.1, 0.15) is 111 Å². The second kappa shape index (κ2) is 46.5. The summed E-state index contributed by atoms with van der Waals surface area (Å²) in [5.74, 6) is 0. The summed E-state index contributed by atoms with van der Waals surface area (Å²) in [4.78, 5) is 11.5. The average molecular weight is 812 g/mol. The van der Waals surface area contributed by atoms with Gasteiger partial charge in [0.05, 0.1) is 139 Å². The van der Waals surface area contributed by atoms with Gasteiger partial charge >= 0.3 is 6.09 Å². The first-order valence-electron chi connectivity index (χ1n) is 21.8. The number of carbonyl (C=O) groups is 1. The molecule has 0 aliphatic rings. The maximum atomic E-state index is 11.5. The van der Waals surface area contributed by atoms with Gasteiger partial charge in [-0.15, -0.1) is 0 Å². The van der Waals surface area contributed by atoms with E-state index in [4.69, 9.17) is 56.8 Å². The normalized spacial score (nSPS) is 11.8. The van der Waals surface area contributed by atoms with E-state index in [2.05, 4.69) is 12.2 Å². The molecule has 0 fully saturated rings. The average Bonchev–Trinajstić information content (AvgIpc) is 3.17. The first-order chi connectivity index (χ1) is 27.5. The lowest BCUT2D eigenvalue weighted by Crippen LogP contribution is -2.34. The predicted octanol–water partition coefficient (Wildman–Crippen LogP) is 6.78. The maximum absolute atomic E-state index is 11.5. The fourth-order valence-corrected chi connectivity index (χ4v) is 5.06. The van der Waals surface area contributed by atoms with Gasteiger partial charge < -0.3 is 62.2 Å². The molecule has 0 spiro atoms.